The third-order valence-corrected chi connectivity index (χ3v) is 8.73. The predicted octanol–water partition coefficient (Wildman–Crippen LogP) is 7.79. The average Bonchev–Trinajstić information content (AvgIpc) is 2.94. The van der Waals surface area contributed by atoms with Gasteiger partial charge in [0.05, 0.1) is 30.4 Å². The van der Waals surface area contributed by atoms with Gasteiger partial charge in [-0.2, -0.15) is 5.26 Å². The lowest BCUT2D eigenvalue weighted by atomic mass is 9.67. The molecule has 1 aliphatic heterocycles. The molecule has 2 N–H and O–H groups in total. The molecule has 6 nitrogen and oxygen atoms in total. The van der Waals surface area contributed by atoms with Crippen LogP contribution in [-0.4, -0.2) is 12.9 Å². The van der Waals surface area contributed by atoms with Gasteiger partial charge in [0.1, 0.15) is 23.9 Å². The van der Waals surface area contributed by atoms with Crippen LogP contribution in [-0.2, 0) is 11.4 Å². The number of aryl methyl sites for hydroxylation is 1. The number of nitriles is 1. The summed E-state index contributed by atoms with van der Waals surface area (Å²) in [4.78, 5) is 15.9. The largest absolute Gasteiger partial charge is 0.497 e. The number of halogens is 1. The molecule has 3 aromatic rings. The quantitative estimate of drug-likeness (QED) is 0.319. The maximum absolute atomic E-state index is 14.1. The zero-order valence-corrected chi connectivity index (χ0v) is 25.7. The molecule has 5 rings (SSSR count). The Morgan fingerprint density at radius 2 is 1.74 bits per heavy atom. The molecule has 1 aliphatic carbocycles. The van der Waals surface area contributed by atoms with Crippen molar-refractivity contribution in [3.8, 4) is 17.6 Å². The van der Waals surface area contributed by atoms with Crippen LogP contribution in [0.25, 0.3) is 0 Å². The monoisotopic (exact) mass is 581 g/mol. The first-order valence-corrected chi connectivity index (χ1v) is 14.4. The van der Waals surface area contributed by atoms with E-state index >= 15 is 0 Å². The van der Waals surface area contributed by atoms with E-state index in [1.165, 1.54) is 0 Å². The Kier molecular flexibility index (Phi) is 7.83. The van der Waals surface area contributed by atoms with Crippen molar-refractivity contribution in [3.05, 3.63) is 110 Å². The summed E-state index contributed by atoms with van der Waals surface area (Å²) in [6.45, 7) is 10.5. The molecule has 1 unspecified atom stereocenters. The van der Waals surface area contributed by atoms with Crippen molar-refractivity contribution < 1.29 is 14.3 Å². The van der Waals surface area contributed by atoms with Gasteiger partial charge in [0, 0.05) is 22.7 Å². The van der Waals surface area contributed by atoms with Crippen molar-refractivity contribution in [1.29, 1.82) is 5.26 Å². The molecule has 0 bridgehead atoms. The van der Waals surface area contributed by atoms with E-state index in [1.807, 2.05) is 68.1 Å². The number of anilines is 1. The van der Waals surface area contributed by atoms with Gasteiger partial charge in [0.2, 0.25) is 0 Å². The van der Waals surface area contributed by atoms with E-state index in [0.29, 0.717) is 41.4 Å². The number of nitrogens with zero attached hydrogens (tertiary/aromatic N) is 2. The lowest BCUT2D eigenvalue weighted by Crippen LogP contribution is -2.42. The number of carbonyl (C=O) groups excluding carboxylic acids is 1. The van der Waals surface area contributed by atoms with Crippen molar-refractivity contribution in [2.75, 3.05) is 12.0 Å². The highest BCUT2D eigenvalue weighted by Gasteiger charge is 2.45. The van der Waals surface area contributed by atoms with Crippen molar-refractivity contribution in [1.82, 2.24) is 0 Å². The molecule has 0 saturated heterocycles. The molecule has 0 saturated carbocycles. The van der Waals surface area contributed by atoms with Gasteiger partial charge >= 0.3 is 0 Å². The Hall–Kier alpha value is -4.21. The lowest BCUT2D eigenvalue weighted by Gasteiger charge is -2.44. The fraction of sp³-hybridized carbons (Fsp3) is 0.314. The van der Waals surface area contributed by atoms with E-state index in [2.05, 4.69) is 32.0 Å². The maximum Gasteiger partial charge on any atom is 0.162 e. The number of rotatable bonds is 6. The number of hydrogen-bond acceptors (Lipinski definition) is 6. The number of allylic oxidation sites excluding steroid dienone is 3. The highest BCUT2D eigenvalue weighted by Crippen LogP contribution is 2.51. The summed E-state index contributed by atoms with van der Waals surface area (Å²) < 4.78 is 11.4. The van der Waals surface area contributed by atoms with Crippen LogP contribution in [0.5, 0.6) is 11.5 Å². The van der Waals surface area contributed by atoms with Crippen LogP contribution in [0.4, 0.5) is 5.69 Å². The molecular weight excluding hydrogens is 546 g/mol. The van der Waals surface area contributed by atoms with E-state index in [1.54, 1.807) is 7.11 Å². The first-order chi connectivity index (χ1) is 20.0. The van der Waals surface area contributed by atoms with Crippen LogP contribution in [0.1, 0.15) is 60.4 Å². The second kappa shape index (κ2) is 11.2. The highest BCUT2D eigenvalue weighted by atomic mass is 35.5. The number of ether oxygens (including phenoxy) is 2. The highest BCUT2D eigenvalue weighted by molar-refractivity contribution is 6.31. The Balaban J connectivity index is 1.66. The molecule has 2 aliphatic rings. The van der Waals surface area contributed by atoms with Crippen LogP contribution < -0.4 is 20.1 Å². The summed E-state index contributed by atoms with van der Waals surface area (Å²) >= 11 is 6.53. The fourth-order valence-corrected chi connectivity index (χ4v) is 6.35. The van der Waals surface area contributed by atoms with Gasteiger partial charge in [-0.3, -0.25) is 9.69 Å². The Bertz CT molecular complexity index is 1680. The number of benzene rings is 3. The molecule has 42 heavy (non-hydrogen) atoms. The molecule has 0 fully saturated rings. The molecule has 7 heteroatoms. The van der Waals surface area contributed by atoms with E-state index in [-0.39, 0.29) is 11.2 Å². The van der Waals surface area contributed by atoms with Gasteiger partial charge in [0.25, 0.3) is 0 Å². The summed E-state index contributed by atoms with van der Waals surface area (Å²) in [5.74, 6) is 1.26. The number of nitrogens with two attached hydrogens (primary N) is 1. The second-order valence-electron chi connectivity index (χ2n) is 12.0. The van der Waals surface area contributed by atoms with Crippen LogP contribution in [0, 0.1) is 37.5 Å². The van der Waals surface area contributed by atoms with Gasteiger partial charge in [0.15, 0.2) is 5.78 Å². The topological polar surface area (TPSA) is 88.6 Å². The predicted molar refractivity (Wildman–Crippen MR) is 167 cm³/mol. The third kappa shape index (κ3) is 5.26. The fourth-order valence-electron chi connectivity index (χ4n) is 6.18. The Labute approximate surface area is 253 Å². The summed E-state index contributed by atoms with van der Waals surface area (Å²) in [6.07, 6.45) is 1.02. The summed E-state index contributed by atoms with van der Waals surface area (Å²) in [6, 6.07) is 19.6. The maximum atomic E-state index is 14.1. The standard InChI is InChI=1S/C35H36ClN3O3/c1-20-14-23(19-42-25-12-10-24(41-6)11-13-25)21(2)26(15-20)32-27(18-37)34(38)39(29-9-7-8-28(36)22(29)3)30-16-35(4,5)17-31(40)33(30)32/h7-15,32H,16-17,19,38H2,1-6H3. The molecule has 0 radical (unpaired) electrons. The van der Waals surface area contributed by atoms with Gasteiger partial charge in [-0.15, -0.1) is 0 Å². The normalized spacial score (nSPS) is 18.1. The molecule has 0 amide bonds. The SMILES string of the molecule is COc1ccc(OCc2cc(C)cc(C3C(C#N)=C(N)N(c4cccc(Cl)c4C)C4=C3C(=O)CC(C)(C)C4)c2C)cc1. The molecule has 0 spiro atoms. The van der Waals surface area contributed by atoms with Crippen LogP contribution in [0.3, 0.4) is 0 Å². The minimum atomic E-state index is -0.580. The summed E-state index contributed by atoms with van der Waals surface area (Å²) in [7, 11) is 1.63. The van der Waals surface area contributed by atoms with Crippen LogP contribution >= 0.6 is 11.6 Å². The number of methoxy groups -OCH3 is 1. The zero-order valence-electron chi connectivity index (χ0n) is 25.0. The van der Waals surface area contributed by atoms with E-state index in [4.69, 9.17) is 26.8 Å². The molecule has 1 heterocycles. The number of Topliss-reactive ketones (excluding diaryl/α,β-unsaturated/α-hetero) is 1. The Morgan fingerprint density at radius 3 is 2.40 bits per heavy atom. The van der Waals surface area contributed by atoms with Crippen molar-refractivity contribution in [2.24, 2.45) is 11.1 Å². The Morgan fingerprint density at radius 1 is 1.05 bits per heavy atom. The van der Waals surface area contributed by atoms with Crippen molar-refractivity contribution >= 4 is 23.1 Å². The van der Waals surface area contributed by atoms with E-state index in [9.17, 15) is 10.1 Å². The second-order valence-corrected chi connectivity index (χ2v) is 12.4. The number of ketones is 1. The minimum Gasteiger partial charge on any atom is -0.497 e. The lowest BCUT2D eigenvalue weighted by molar-refractivity contribution is -0.118. The number of carbonyl (C=O) groups is 1. The third-order valence-electron chi connectivity index (χ3n) is 8.33. The van der Waals surface area contributed by atoms with Gasteiger partial charge < -0.3 is 15.2 Å². The zero-order chi connectivity index (χ0) is 30.3. The van der Waals surface area contributed by atoms with Crippen molar-refractivity contribution in [3.63, 3.8) is 0 Å². The first-order valence-electron chi connectivity index (χ1n) is 14.0. The average molecular weight is 582 g/mol. The van der Waals surface area contributed by atoms with E-state index in [0.717, 1.165) is 50.7 Å². The summed E-state index contributed by atoms with van der Waals surface area (Å²) in [5, 5.41) is 11.2. The van der Waals surface area contributed by atoms with Crippen LogP contribution in [0.2, 0.25) is 5.02 Å². The van der Waals surface area contributed by atoms with Gasteiger partial charge in [-0.1, -0.05) is 49.2 Å². The summed E-state index contributed by atoms with van der Waals surface area (Å²) in [5.41, 5.74) is 13.9. The van der Waals surface area contributed by atoms with Gasteiger partial charge in [-0.05, 0) is 91.3 Å². The molecular formula is C35H36ClN3O3. The molecule has 1 atom stereocenters. The van der Waals surface area contributed by atoms with Crippen LogP contribution in [0.15, 0.2) is 77.3 Å². The van der Waals surface area contributed by atoms with Crippen molar-refractivity contribution in [2.45, 2.75) is 60.0 Å². The first kappa shape index (κ1) is 29.3. The molecule has 216 valence electrons. The minimum absolute atomic E-state index is 0.0353. The van der Waals surface area contributed by atoms with E-state index < -0.39 is 5.92 Å². The molecule has 0 aromatic heterocycles. The smallest absolute Gasteiger partial charge is 0.162 e. The number of hydrogen-bond donors (Lipinski definition) is 1. The van der Waals surface area contributed by atoms with Gasteiger partial charge in [-0.25, -0.2) is 0 Å². The molecule has 3 aromatic carbocycles.